The number of nitrogens with one attached hydrogen (secondary N) is 3. The summed E-state index contributed by atoms with van der Waals surface area (Å²) in [6.45, 7) is 2.40. The van der Waals surface area contributed by atoms with E-state index in [1.54, 1.807) is 4.90 Å². The number of alkyl halides is 3. The number of carbonyl (C=O) groups is 4. The fourth-order valence-corrected chi connectivity index (χ4v) is 3.91. The summed E-state index contributed by atoms with van der Waals surface area (Å²) in [5.41, 5.74) is 2.59. The highest BCUT2D eigenvalue weighted by atomic mass is 19.4. The maximum Gasteiger partial charge on any atom is 0.490 e. The van der Waals surface area contributed by atoms with Crippen LogP contribution >= 0.6 is 0 Å². The van der Waals surface area contributed by atoms with Crippen LogP contribution in [0.15, 0.2) is 18.2 Å². The van der Waals surface area contributed by atoms with Crippen LogP contribution in [0.2, 0.25) is 0 Å². The molecule has 32 heavy (non-hydrogen) atoms. The lowest BCUT2D eigenvalue weighted by Crippen LogP contribution is -2.52. The van der Waals surface area contributed by atoms with Gasteiger partial charge in [-0.2, -0.15) is 13.2 Å². The minimum Gasteiger partial charge on any atom is -0.475 e. The van der Waals surface area contributed by atoms with Gasteiger partial charge >= 0.3 is 12.1 Å². The molecule has 3 aliphatic rings. The third-order valence-electron chi connectivity index (χ3n) is 5.52. The molecule has 174 valence electrons. The summed E-state index contributed by atoms with van der Waals surface area (Å²) in [4.78, 5) is 46.8. The molecule has 0 aromatic heterocycles. The zero-order chi connectivity index (χ0) is 23.5. The standard InChI is InChI=1S/C18H22N4O3.C2HF3O2/c23-16-5-4-15(17(24)21-16)22-10-13-12(18(22)25)2-1-3-14(13)20-11-6-8-19-9-7-11;3-2(4,5)1(6)7/h1-3,11,15,19-20H,4-10H2,(H,21,23,24);(H,6,7). The number of nitrogens with zero attached hydrogens (tertiary/aromatic N) is 1. The fourth-order valence-electron chi connectivity index (χ4n) is 3.91. The summed E-state index contributed by atoms with van der Waals surface area (Å²) in [6.07, 6.45) is -2.32. The van der Waals surface area contributed by atoms with Crippen molar-refractivity contribution in [3.63, 3.8) is 0 Å². The quantitative estimate of drug-likeness (QED) is 0.504. The van der Waals surface area contributed by atoms with Crippen molar-refractivity contribution in [1.82, 2.24) is 15.5 Å². The van der Waals surface area contributed by atoms with E-state index in [0.717, 1.165) is 37.2 Å². The maximum absolute atomic E-state index is 12.8. The van der Waals surface area contributed by atoms with Crippen molar-refractivity contribution in [3.8, 4) is 0 Å². The van der Waals surface area contributed by atoms with E-state index >= 15 is 0 Å². The molecule has 1 unspecified atom stereocenters. The number of amides is 3. The molecule has 0 bridgehead atoms. The molecular formula is C20H23F3N4O5. The van der Waals surface area contributed by atoms with Crippen LogP contribution in [0, 0.1) is 0 Å². The molecule has 4 rings (SSSR count). The first-order valence-corrected chi connectivity index (χ1v) is 10.1. The Bertz CT molecular complexity index is 915. The molecule has 0 radical (unpaired) electrons. The number of aliphatic carboxylic acids is 1. The van der Waals surface area contributed by atoms with Crippen LogP contribution in [0.3, 0.4) is 0 Å². The molecule has 3 amide bonds. The van der Waals surface area contributed by atoms with E-state index in [4.69, 9.17) is 9.90 Å². The molecule has 0 saturated carbocycles. The first-order chi connectivity index (χ1) is 15.1. The highest BCUT2D eigenvalue weighted by Gasteiger charge is 2.40. The lowest BCUT2D eigenvalue weighted by Gasteiger charge is -2.29. The molecule has 2 saturated heterocycles. The van der Waals surface area contributed by atoms with Gasteiger partial charge < -0.3 is 20.6 Å². The number of rotatable bonds is 3. The van der Waals surface area contributed by atoms with Gasteiger partial charge in [-0.3, -0.25) is 19.7 Å². The second-order valence-electron chi connectivity index (χ2n) is 7.70. The number of hydrogen-bond acceptors (Lipinski definition) is 6. The number of carbonyl (C=O) groups excluding carboxylic acids is 3. The molecule has 3 heterocycles. The molecular weight excluding hydrogens is 433 g/mol. The molecule has 9 nitrogen and oxygen atoms in total. The molecule has 0 aliphatic carbocycles. The van der Waals surface area contributed by atoms with Gasteiger partial charge in [0.05, 0.1) is 0 Å². The number of halogens is 3. The number of carboxylic acids is 1. The first-order valence-electron chi connectivity index (χ1n) is 10.1. The predicted octanol–water partition coefficient (Wildman–Crippen LogP) is 1.24. The van der Waals surface area contributed by atoms with Gasteiger partial charge in [-0.05, 0) is 44.5 Å². The summed E-state index contributed by atoms with van der Waals surface area (Å²) in [7, 11) is 0. The molecule has 4 N–H and O–H groups in total. The van der Waals surface area contributed by atoms with Crippen LogP contribution in [0.5, 0.6) is 0 Å². The van der Waals surface area contributed by atoms with E-state index in [9.17, 15) is 27.6 Å². The fraction of sp³-hybridized carbons (Fsp3) is 0.500. The molecule has 2 fully saturated rings. The Morgan fingerprint density at radius 3 is 2.38 bits per heavy atom. The molecule has 1 atom stereocenters. The normalized spacial score (nSPS) is 21.4. The van der Waals surface area contributed by atoms with Crippen LogP contribution in [0.25, 0.3) is 0 Å². The minimum absolute atomic E-state index is 0.126. The van der Waals surface area contributed by atoms with Crippen LogP contribution < -0.4 is 16.0 Å². The van der Waals surface area contributed by atoms with Crippen LogP contribution in [-0.2, 0) is 20.9 Å². The number of anilines is 1. The van der Waals surface area contributed by atoms with Crippen molar-refractivity contribution in [2.75, 3.05) is 18.4 Å². The second kappa shape index (κ2) is 9.55. The molecule has 1 aromatic rings. The summed E-state index contributed by atoms with van der Waals surface area (Å²) in [5, 5.41) is 16.4. The van der Waals surface area contributed by atoms with Gasteiger partial charge in [0.1, 0.15) is 6.04 Å². The van der Waals surface area contributed by atoms with Crippen LogP contribution in [0.1, 0.15) is 41.6 Å². The van der Waals surface area contributed by atoms with E-state index in [1.165, 1.54) is 0 Å². The molecule has 3 aliphatic heterocycles. The monoisotopic (exact) mass is 456 g/mol. The van der Waals surface area contributed by atoms with Gasteiger partial charge in [-0.15, -0.1) is 0 Å². The van der Waals surface area contributed by atoms with Crippen molar-refractivity contribution >= 4 is 29.4 Å². The predicted molar refractivity (Wildman–Crippen MR) is 106 cm³/mol. The SMILES string of the molecule is O=C(O)C(F)(F)F.O=C1CCC(N2Cc3c(NC4CCNCC4)cccc3C2=O)C(=O)N1. The number of hydrogen-bond donors (Lipinski definition) is 4. The average Bonchev–Trinajstić information content (AvgIpc) is 3.06. The minimum atomic E-state index is -5.08. The Balaban J connectivity index is 0.000000360. The third-order valence-corrected chi connectivity index (χ3v) is 5.52. The van der Waals surface area contributed by atoms with Gasteiger partial charge in [0.15, 0.2) is 0 Å². The average molecular weight is 456 g/mol. The lowest BCUT2D eigenvalue weighted by atomic mass is 10.0. The Hall–Kier alpha value is -3.15. The van der Waals surface area contributed by atoms with E-state index in [1.807, 2.05) is 18.2 Å². The van der Waals surface area contributed by atoms with Crippen molar-refractivity contribution in [3.05, 3.63) is 29.3 Å². The maximum atomic E-state index is 12.8. The Morgan fingerprint density at radius 1 is 1.12 bits per heavy atom. The van der Waals surface area contributed by atoms with E-state index in [-0.39, 0.29) is 24.1 Å². The smallest absolute Gasteiger partial charge is 0.475 e. The summed E-state index contributed by atoms with van der Waals surface area (Å²) in [5.74, 6) is -3.52. The number of piperidine rings is 2. The number of imide groups is 1. The van der Waals surface area contributed by atoms with Gasteiger partial charge in [0.2, 0.25) is 11.8 Å². The lowest BCUT2D eigenvalue weighted by molar-refractivity contribution is -0.192. The van der Waals surface area contributed by atoms with Crippen molar-refractivity contribution in [2.24, 2.45) is 0 Å². The third kappa shape index (κ3) is 5.36. The zero-order valence-corrected chi connectivity index (χ0v) is 17.0. The molecule has 1 aromatic carbocycles. The molecule has 0 spiro atoms. The van der Waals surface area contributed by atoms with Gasteiger partial charge in [0.25, 0.3) is 5.91 Å². The molecule has 12 heteroatoms. The van der Waals surface area contributed by atoms with E-state index < -0.39 is 18.2 Å². The number of carboxylic acid groups (broad SMARTS) is 1. The second-order valence-corrected chi connectivity index (χ2v) is 7.70. The summed E-state index contributed by atoms with van der Waals surface area (Å²) >= 11 is 0. The van der Waals surface area contributed by atoms with E-state index in [2.05, 4.69) is 16.0 Å². The number of benzene rings is 1. The van der Waals surface area contributed by atoms with Crippen molar-refractivity contribution in [1.29, 1.82) is 0 Å². The van der Waals surface area contributed by atoms with Gasteiger partial charge in [-0.1, -0.05) is 6.07 Å². The van der Waals surface area contributed by atoms with Crippen molar-refractivity contribution < 1.29 is 37.5 Å². The summed E-state index contributed by atoms with van der Waals surface area (Å²) in [6, 6.07) is 5.53. The van der Waals surface area contributed by atoms with E-state index in [0.29, 0.717) is 24.6 Å². The zero-order valence-electron chi connectivity index (χ0n) is 17.0. The topological polar surface area (TPSA) is 128 Å². The van der Waals surface area contributed by atoms with Gasteiger partial charge in [-0.25, -0.2) is 4.79 Å². The Kier molecular flexibility index (Phi) is 7.02. The summed E-state index contributed by atoms with van der Waals surface area (Å²) < 4.78 is 31.7. The Morgan fingerprint density at radius 2 is 1.78 bits per heavy atom. The highest BCUT2D eigenvalue weighted by Crippen LogP contribution is 2.33. The first kappa shape index (κ1) is 23.5. The van der Waals surface area contributed by atoms with Crippen molar-refractivity contribution in [2.45, 2.75) is 50.5 Å². The Labute approximate surface area is 181 Å². The largest absolute Gasteiger partial charge is 0.490 e. The van der Waals surface area contributed by atoms with Gasteiger partial charge in [0, 0.05) is 35.8 Å². The van der Waals surface area contributed by atoms with Crippen LogP contribution in [0.4, 0.5) is 18.9 Å². The van der Waals surface area contributed by atoms with Crippen LogP contribution in [-0.4, -0.2) is 65.0 Å². The highest BCUT2D eigenvalue weighted by molar-refractivity contribution is 6.06. The number of fused-ring (bicyclic) bond motifs is 1.